The van der Waals surface area contributed by atoms with Crippen molar-refractivity contribution < 1.29 is 9.47 Å². The number of rotatable bonds is 8. The molecule has 1 rings (SSSR count). The lowest BCUT2D eigenvalue weighted by molar-refractivity contribution is 0.170. The molecule has 7 heteroatoms. The van der Waals surface area contributed by atoms with Gasteiger partial charge >= 0.3 is 6.01 Å². The number of nitrogens with one attached hydrogen (secondary N) is 2. The maximum absolute atomic E-state index is 5.32. The molecule has 0 aliphatic carbocycles. The van der Waals surface area contributed by atoms with Crippen LogP contribution in [-0.4, -0.2) is 48.4 Å². The van der Waals surface area contributed by atoms with E-state index in [1.165, 1.54) is 0 Å². The average Bonchev–Trinajstić information content (AvgIpc) is 2.38. The van der Waals surface area contributed by atoms with E-state index >= 15 is 0 Å². The van der Waals surface area contributed by atoms with E-state index in [0.29, 0.717) is 37.0 Å². The molecular formula is C12H23N5O2. The molecule has 0 bridgehead atoms. The lowest BCUT2D eigenvalue weighted by Gasteiger charge is -2.21. The fourth-order valence-electron chi connectivity index (χ4n) is 1.47. The van der Waals surface area contributed by atoms with Gasteiger partial charge in [-0.25, -0.2) is 0 Å². The van der Waals surface area contributed by atoms with Gasteiger partial charge in [0.1, 0.15) is 0 Å². The van der Waals surface area contributed by atoms with Crippen LogP contribution >= 0.6 is 0 Å². The number of anilines is 2. The van der Waals surface area contributed by atoms with Gasteiger partial charge in [0.15, 0.2) is 0 Å². The Morgan fingerprint density at radius 1 is 1.16 bits per heavy atom. The van der Waals surface area contributed by atoms with Crippen LogP contribution in [-0.2, 0) is 4.74 Å². The maximum atomic E-state index is 5.32. The van der Waals surface area contributed by atoms with Crippen molar-refractivity contribution in [2.45, 2.75) is 26.8 Å². The first-order valence-electron chi connectivity index (χ1n) is 6.42. The van der Waals surface area contributed by atoms with Crippen molar-refractivity contribution in [2.24, 2.45) is 5.92 Å². The molecule has 0 aliphatic heterocycles. The van der Waals surface area contributed by atoms with Crippen LogP contribution in [0.15, 0.2) is 0 Å². The largest absolute Gasteiger partial charge is 0.464 e. The fourth-order valence-corrected chi connectivity index (χ4v) is 1.47. The third-order valence-electron chi connectivity index (χ3n) is 2.58. The Morgan fingerprint density at radius 2 is 1.84 bits per heavy atom. The molecule has 0 saturated carbocycles. The second-order valence-corrected chi connectivity index (χ2v) is 4.40. The van der Waals surface area contributed by atoms with Gasteiger partial charge < -0.3 is 20.1 Å². The normalized spacial score (nSPS) is 12.3. The van der Waals surface area contributed by atoms with Crippen molar-refractivity contribution in [2.75, 3.05) is 38.0 Å². The predicted octanol–water partition coefficient (Wildman–Crippen LogP) is 1.39. The molecule has 0 aliphatic rings. The maximum Gasteiger partial charge on any atom is 0.323 e. The Labute approximate surface area is 114 Å². The zero-order chi connectivity index (χ0) is 14.3. The van der Waals surface area contributed by atoms with Crippen molar-refractivity contribution in [3.05, 3.63) is 0 Å². The zero-order valence-corrected chi connectivity index (χ0v) is 12.2. The summed E-state index contributed by atoms with van der Waals surface area (Å²) in [5.41, 5.74) is 0. The number of methoxy groups -OCH3 is 1. The summed E-state index contributed by atoms with van der Waals surface area (Å²) in [7, 11) is 3.43. The zero-order valence-electron chi connectivity index (χ0n) is 12.2. The van der Waals surface area contributed by atoms with Crippen molar-refractivity contribution in [1.82, 2.24) is 15.0 Å². The van der Waals surface area contributed by atoms with Gasteiger partial charge in [-0.05, 0) is 12.8 Å². The third-order valence-corrected chi connectivity index (χ3v) is 2.58. The van der Waals surface area contributed by atoms with Crippen molar-refractivity contribution in [3.8, 4) is 6.01 Å². The van der Waals surface area contributed by atoms with Crippen LogP contribution in [0.5, 0.6) is 6.01 Å². The predicted molar refractivity (Wildman–Crippen MR) is 74.7 cm³/mol. The summed E-state index contributed by atoms with van der Waals surface area (Å²) in [6.45, 7) is 7.21. The van der Waals surface area contributed by atoms with E-state index in [1.807, 2.05) is 6.92 Å². The molecule has 1 aromatic heterocycles. The monoisotopic (exact) mass is 269 g/mol. The van der Waals surface area contributed by atoms with Gasteiger partial charge in [-0.15, -0.1) is 0 Å². The minimum atomic E-state index is 0.131. The van der Waals surface area contributed by atoms with E-state index in [2.05, 4.69) is 39.4 Å². The minimum Gasteiger partial charge on any atom is -0.464 e. The van der Waals surface area contributed by atoms with E-state index in [4.69, 9.17) is 9.47 Å². The Balaban J connectivity index is 2.88. The summed E-state index contributed by atoms with van der Waals surface area (Å²) in [5, 5.41) is 6.13. The standard InChI is InChI=1S/C12H23N5O2/c1-6-19-12-16-10(13-4)15-11(17-12)14-9(7-18-5)8(2)3/h8-9H,6-7H2,1-5H3,(H2,13,14,15,16,17). The van der Waals surface area contributed by atoms with Crippen LogP contribution in [0.2, 0.25) is 0 Å². The van der Waals surface area contributed by atoms with Crippen LogP contribution in [0.25, 0.3) is 0 Å². The quantitative estimate of drug-likeness (QED) is 0.738. The fraction of sp³-hybridized carbons (Fsp3) is 0.750. The van der Waals surface area contributed by atoms with Gasteiger partial charge in [0.2, 0.25) is 11.9 Å². The summed E-state index contributed by atoms with van der Waals surface area (Å²) in [5.74, 6) is 1.35. The highest BCUT2D eigenvalue weighted by molar-refractivity contribution is 5.36. The lowest BCUT2D eigenvalue weighted by Crippen LogP contribution is -2.31. The van der Waals surface area contributed by atoms with Crippen LogP contribution in [0.1, 0.15) is 20.8 Å². The second kappa shape index (κ2) is 7.73. The average molecular weight is 269 g/mol. The Morgan fingerprint density at radius 3 is 2.37 bits per heavy atom. The Hall–Kier alpha value is -1.63. The molecule has 0 spiro atoms. The minimum absolute atomic E-state index is 0.131. The van der Waals surface area contributed by atoms with Gasteiger partial charge in [-0.3, -0.25) is 0 Å². The number of aromatic nitrogens is 3. The van der Waals surface area contributed by atoms with E-state index in [0.717, 1.165) is 0 Å². The SMILES string of the molecule is CCOc1nc(NC)nc(NC(COC)C(C)C)n1. The molecule has 7 nitrogen and oxygen atoms in total. The first kappa shape index (κ1) is 15.4. The highest BCUT2D eigenvalue weighted by atomic mass is 16.5. The van der Waals surface area contributed by atoms with Gasteiger partial charge in [-0.2, -0.15) is 15.0 Å². The number of ether oxygens (including phenoxy) is 2. The van der Waals surface area contributed by atoms with Gasteiger partial charge in [0.05, 0.1) is 19.3 Å². The highest BCUT2D eigenvalue weighted by Crippen LogP contribution is 2.14. The summed E-state index contributed by atoms with van der Waals surface area (Å²) in [6.07, 6.45) is 0. The van der Waals surface area contributed by atoms with Gasteiger partial charge in [0.25, 0.3) is 0 Å². The Kier molecular flexibility index (Phi) is 6.27. The van der Waals surface area contributed by atoms with E-state index < -0.39 is 0 Å². The molecular weight excluding hydrogens is 246 g/mol. The summed E-state index contributed by atoms with van der Waals surface area (Å²) in [4.78, 5) is 12.6. The Bertz CT molecular complexity index is 386. The molecule has 1 heterocycles. The van der Waals surface area contributed by atoms with E-state index in [1.54, 1.807) is 14.2 Å². The molecule has 19 heavy (non-hydrogen) atoms. The molecule has 2 N–H and O–H groups in total. The molecule has 0 amide bonds. The third kappa shape index (κ3) is 4.86. The molecule has 108 valence electrons. The van der Waals surface area contributed by atoms with Gasteiger partial charge in [-0.1, -0.05) is 13.8 Å². The molecule has 0 radical (unpaired) electrons. The number of nitrogens with zero attached hydrogens (tertiary/aromatic N) is 3. The summed E-state index contributed by atoms with van der Waals surface area (Å²) >= 11 is 0. The van der Waals surface area contributed by atoms with Crippen LogP contribution in [0, 0.1) is 5.92 Å². The first-order valence-corrected chi connectivity index (χ1v) is 6.42. The number of hydrogen-bond donors (Lipinski definition) is 2. The molecule has 0 saturated heterocycles. The van der Waals surface area contributed by atoms with E-state index in [-0.39, 0.29) is 6.04 Å². The van der Waals surface area contributed by atoms with Crippen LogP contribution < -0.4 is 15.4 Å². The lowest BCUT2D eigenvalue weighted by atomic mass is 10.1. The summed E-state index contributed by atoms with van der Waals surface area (Å²) in [6, 6.07) is 0.441. The van der Waals surface area contributed by atoms with Crippen molar-refractivity contribution in [3.63, 3.8) is 0 Å². The smallest absolute Gasteiger partial charge is 0.323 e. The molecule has 1 unspecified atom stereocenters. The molecule has 1 aromatic rings. The molecule has 0 fully saturated rings. The number of hydrogen-bond acceptors (Lipinski definition) is 7. The van der Waals surface area contributed by atoms with Crippen LogP contribution in [0.4, 0.5) is 11.9 Å². The topological polar surface area (TPSA) is 81.2 Å². The molecule has 0 aromatic carbocycles. The van der Waals surface area contributed by atoms with Crippen LogP contribution in [0.3, 0.4) is 0 Å². The van der Waals surface area contributed by atoms with Crippen molar-refractivity contribution >= 4 is 11.9 Å². The summed E-state index contributed by atoms with van der Waals surface area (Å²) < 4.78 is 10.5. The second-order valence-electron chi connectivity index (χ2n) is 4.40. The van der Waals surface area contributed by atoms with Crippen molar-refractivity contribution in [1.29, 1.82) is 0 Å². The van der Waals surface area contributed by atoms with E-state index in [9.17, 15) is 0 Å². The highest BCUT2D eigenvalue weighted by Gasteiger charge is 2.15. The van der Waals surface area contributed by atoms with Gasteiger partial charge in [0, 0.05) is 14.2 Å². The first-order chi connectivity index (χ1) is 9.10. The molecule has 1 atom stereocenters.